The van der Waals surface area contributed by atoms with Gasteiger partial charge >= 0.3 is 0 Å². The van der Waals surface area contributed by atoms with Crippen molar-refractivity contribution in [2.75, 3.05) is 0 Å². The van der Waals surface area contributed by atoms with Crippen molar-refractivity contribution in [1.29, 1.82) is 0 Å². The van der Waals surface area contributed by atoms with E-state index in [1.807, 2.05) is 24.3 Å². The second-order valence-corrected chi connectivity index (χ2v) is 5.32. The molecule has 0 saturated heterocycles. The Morgan fingerprint density at radius 1 is 1.31 bits per heavy atom. The Morgan fingerprint density at radius 3 is 2.69 bits per heavy atom. The number of hydrogen-bond acceptors (Lipinski definition) is 3. The van der Waals surface area contributed by atoms with E-state index in [4.69, 9.17) is 0 Å². The Hall–Kier alpha value is -1.68. The van der Waals surface area contributed by atoms with Gasteiger partial charge in [-0.05, 0) is 24.6 Å². The van der Waals surface area contributed by atoms with E-state index in [-0.39, 0.29) is 5.03 Å². The van der Waals surface area contributed by atoms with Crippen molar-refractivity contribution in [2.24, 2.45) is 0 Å². The fourth-order valence-electron chi connectivity index (χ4n) is 1.57. The van der Waals surface area contributed by atoms with Crippen LogP contribution in [0.2, 0.25) is 0 Å². The van der Waals surface area contributed by atoms with Gasteiger partial charge in [0, 0.05) is 10.8 Å². The maximum Gasteiger partial charge on any atom is 0.216 e. The first-order valence-electron chi connectivity index (χ1n) is 4.78. The predicted molar refractivity (Wildman–Crippen MR) is 63.9 cm³/mol. The number of aromatic nitrogens is 1. The molecule has 1 heterocycles. The van der Waals surface area contributed by atoms with Crippen molar-refractivity contribution in [1.82, 2.24) is 4.98 Å². The molecule has 16 heavy (non-hydrogen) atoms. The molecule has 0 spiro atoms. The standard InChI is InChI=1S/C12H11NO2S/c1-3-16(14,15)12-9(2)8-10-6-4-5-7-11(10)13-12/h3-8H,1H2,2H3. The lowest BCUT2D eigenvalue weighted by molar-refractivity contribution is 0.601. The fraction of sp³-hybridized carbons (Fsp3) is 0.0833. The topological polar surface area (TPSA) is 47.0 Å². The molecule has 0 saturated carbocycles. The van der Waals surface area contributed by atoms with Crippen molar-refractivity contribution in [3.63, 3.8) is 0 Å². The number of benzene rings is 1. The second-order valence-electron chi connectivity index (χ2n) is 3.51. The Kier molecular flexibility index (Phi) is 2.52. The summed E-state index contributed by atoms with van der Waals surface area (Å²) in [5.41, 5.74) is 1.31. The van der Waals surface area contributed by atoms with Crippen LogP contribution in [0.3, 0.4) is 0 Å². The van der Waals surface area contributed by atoms with Crippen molar-refractivity contribution in [3.8, 4) is 0 Å². The summed E-state index contributed by atoms with van der Waals surface area (Å²) in [6, 6.07) is 9.23. The van der Waals surface area contributed by atoms with E-state index in [1.54, 1.807) is 13.0 Å². The lowest BCUT2D eigenvalue weighted by Gasteiger charge is -2.05. The number of rotatable bonds is 2. The van der Waals surface area contributed by atoms with E-state index in [9.17, 15) is 8.42 Å². The van der Waals surface area contributed by atoms with Gasteiger partial charge < -0.3 is 0 Å². The number of nitrogens with zero attached hydrogens (tertiary/aromatic N) is 1. The molecule has 2 rings (SSSR count). The van der Waals surface area contributed by atoms with Gasteiger partial charge in [-0.1, -0.05) is 24.8 Å². The van der Waals surface area contributed by atoms with Crippen LogP contribution in [0.4, 0.5) is 0 Å². The van der Waals surface area contributed by atoms with Gasteiger partial charge in [0.2, 0.25) is 9.84 Å². The van der Waals surface area contributed by atoms with Crippen LogP contribution >= 0.6 is 0 Å². The molecular weight excluding hydrogens is 222 g/mol. The molecule has 0 amide bonds. The fourth-order valence-corrected chi connectivity index (χ4v) is 2.46. The number of hydrogen-bond donors (Lipinski definition) is 0. The third kappa shape index (κ3) is 1.72. The summed E-state index contributed by atoms with van der Waals surface area (Å²) in [6.45, 7) is 5.03. The zero-order valence-corrected chi connectivity index (χ0v) is 9.66. The highest BCUT2D eigenvalue weighted by molar-refractivity contribution is 7.94. The minimum Gasteiger partial charge on any atom is -0.236 e. The lowest BCUT2D eigenvalue weighted by Crippen LogP contribution is -2.02. The first kappa shape index (κ1) is 10.8. The van der Waals surface area contributed by atoms with E-state index >= 15 is 0 Å². The largest absolute Gasteiger partial charge is 0.236 e. The molecule has 0 aliphatic rings. The molecule has 2 aromatic rings. The average molecular weight is 233 g/mol. The van der Waals surface area contributed by atoms with E-state index in [0.29, 0.717) is 11.1 Å². The molecule has 1 aromatic carbocycles. The number of fused-ring (bicyclic) bond motifs is 1. The third-order valence-electron chi connectivity index (χ3n) is 2.36. The molecule has 0 N–H and O–H groups in total. The first-order chi connectivity index (χ1) is 7.54. The van der Waals surface area contributed by atoms with Crippen molar-refractivity contribution < 1.29 is 8.42 Å². The van der Waals surface area contributed by atoms with Gasteiger partial charge in [0.1, 0.15) is 0 Å². The molecule has 0 atom stereocenters. The maximum atomic E-state index is 11.7. The third-order valence-corrected chi connectivity index (χ3v) is 3.75. The number of pyridine rings is 1. The van der Waals surface area contributed by atoms with Gasteiger partial charge in [-0.2, -0.15) is 0 Å². The minimum absolute atomic E-state index is 0.0844. The lowest BCUT2D eigenvalue weighted by atomic mass is 10.2. The zero-order valence-electron chi connectivity index (χ0n) is 8.84. The van der Waals surface area contributed by atoms with Crippen LogP contribution in [0.1, 0.15) is 5.56 Å². The number of para-hydroxylation sites is 1. The molecule has 0 bridgehead atoms. The average Bonchev–Trinajstić information content (AvgIpc) is 2.28. The van der Waals surface area contributed by atoms with Crippen molar-refractivity contribution in [3.05, 3.63) is 47.9 Å². The Bertz CT molecular complexity index is 660. The van der Waals surface area contributed by atoms with Crippen LogP contribution in [0.15, 0.2) is 47.3 Å². The van der Waals surface area contributed by atoms with Gasteiger partial charge in [0.25, 0.3) is 0 Å². The molecule has 3 nitrogen and oxygen atoms in total. The highest BCUT2D eigenvalue weighted by atomic mass is 32.2. The molecule has 1 aromatic heterocycles. The summed E-state index contributed by atoms with van der Waals surface area (Å²) in [5, 5.41) is 1.95. The smallest absolute Gasteiger partial charge is 0.216 e. The van der Waals surface area contributed by atoms with Gasteiger partial charge in [-0.25, -0.2) is 13.4 Å². The SMILES string of the molecule is C=CS(=O)(=O)c1nc2ccccc2cc1C. The van der Waals surface area contributed by atoms with Gasteiger partial charge in [-0.3, -0.25) is 0 Å². The van der Waals surface area contributed by atoms with Gasteiger partial charge in [0.15, 0.2) is 5.03 Å². The van der Waals surface area contributed by atoms with Crippen LogP contribution < -0.4 is 0 Å². The van der Waals surface area contributed by atoms with E-state index in [1.165, 1.54) is 0 Å². The summed E-state index contributed by atoms with van der Waals surface area (Å²) in [6.07, 6.45) is 0. The summed E-state index contributed by atoms with van der Waals surface area (Å²) in [7, 11) is -3.47. The molecule has 0 aliphatic heterocycles. The molecule has 0 unspecified atom stereocenters. The summed E-state index contributed by atoms with van der Waals surface area (Å²) in [4.78, 5) is 4.16. The maximum absolute atomic E-state index is 11.7. The van der Waals surface area contributed by atoms with Crippen molar-refractivity contribution in [2.45, 2.75) is 11.9 Å². The predicted octanol–water partition coefficient (Wildman–Crippen LogP) is 2.46. The molecule has 0 aliphatic carbocycles. The first-order valence-corrected chi connectivity index (χ1v) is 6.33. The summed E-state index contributed by atoms with van der Waals surface area (Å²) in [5.74, 6) is 0. The van der Waals surface area contributed by atoms with Crippen LogP contribution in [0.25, 0.3) is 10.9 Å². The normalized spacial score (nSPS) is 11.6. The van der Waals surface area contributed by atoms with Crippen LogP contribution in [-0.2, 0) is 9.84 Å². The Balaban J connectivity index is 2.82. The minimum atomic E-state index is -3.47. The highest BCUT2D eigenvalue weighted by Crippen LogP contribution is 2.20. The van der Waals surface area contributed by atoms with E-state index < -0.39 is 9.84 Å². The Labute approximate surface area is 94.4 Å². The van der Waals surface area contributed by atoms with Gasteiger partial charge in [-0.15, -0.1) is 0 Å². The number of sulfone groups is 1. The zero-order chi connectivity index (χ0) is 11.8. The van der Waals surface area contributed by atoms with E-state index in [0.717, 1.165) is 10.8 Å². The Morgan fingerprint density at radius 2 is 2.00 bits per heavy atom. The highest BCUT2D eigenvalue weighted by Gasteiger charge is 2.15. The van der Waals surface area contributed by atoms with E-state index in [2.05, 4.69) is 11.6 Å². The van der Waals surface area contributed by atoms with Crippen LogP contribution in [0.5, 0.6) is 0 Å². The monoisotopic (exact) mass is 233 g/mol. The van der Waals surface area contributed by atoms with Crippen LogP contribution in [0, 0.1) is 6.92 Å². The molecule has 4 heteroatoms. The quantitative estimate of drug-likeness (QED) is 0.800. The van der Waals surface area contributed by atoms with Crippen molar-refractivity contribution >= 4 is 20.7 Å². The molecule has 82 valence electrons. The molecule has 0 radical (unpaired) electrons. The molecular formula is C12H11NO2S. The second kappa shape index (κ2) is 3.72. The summed E-state index contributed by atoms with van der Waals surface area (Å²) < 4.78 is 23.4. The number of aryl methyl sites for hydroxylation is 1. The summed E-state index contributed by atoms with van der Waals surface area (Å²) >= 11 is 0. The molecule has 0 fully saturated rings. The van der Waals surface area contributed by atoms with Gasteiger partial charge in [0.05, 0.1) is 5.52 Å². The van der Waals surface area contributed by atoms with Crippen LogP contribution in [-0.4, -0.2) is 13.4 Å².